The number of carbonyl (C=O) groups is 3. The maximum absolute atomic E-state index is 14.4. The molecule has 0 aromatic heterocycles. The highest BCUT2D eigenvalue weighted by Gasteiger charge is 2.75. The molecule has 3 amide bonds. The lowest BCUT2D eigenvalue weighted by molar-refractivity contribution is -0.153. The Morgan fingerprint density at radius 2 is 1.64 bits per heavy atom. The maximum atomic E-state index is 14.4. The van der Waals surface area contributed by atoms with Gasteiger partial charge < -0.3 is 24.5 Å². The molecule has 39 heavy (non-hydrogen) atoms. The molecule has 0 radical (unpaired) electrons. The van der Waals surface area contributed by atoms with Crippen LogP contribution in [-0.2, 0) is 19.1 Å². The quantitative estimate of drug-likeness (QED) is 0.387. The molecule has 1 spiro atoms. The number of likely N-dealkylation sites (tertiary alicyclic amines) is 1. The summed E-state index contributed by atoms with van der Waals surface area (Å²) < 4.78 is 7.01. The van der Waals surface area contributed by atoms with Crippen molar-refractivity contribution in [1.82, 2.24) is 9.80 Å². The van der Waals surface area contributed by atoms with Crippen molar-refractivity contribution in [2.75, 3.05) is 31.1 Å². The number of hydrogen-bond acceptors (Lipinski definition) is 5. The third kappa shape index (κ3) is 4.42. The van der Waals surface area contributed by atoms with Crippen LogP contribution in [0.2, 0.25) is 0 Å². The molecule has 0 aliphatic carbocycles. The van der Waals surface area contributed by atoms with Crippen molar-refractivity contribution in [2.24, 2.45) is 11.8 Å². The number of hydrogen-bond donors (Lipinski definition) is 1. The summed E-state index contributed by atoms with van der Waals surface area (Å²) in [5, 5.41) is 9.16. The maximum Gasteiger partial charge on any atom is 0.249 e. The van der Waals surface area contributed by atoms with Crippen molar-refractivity contribution in [3.8, 4) is 0 Å². The van der Waals surface area contributed by atoms with Gasteiger partial charge in [-0.1, -0.05) is 62.3 Å². The molecule has 4 heterocycles. The molecule has 4 aliphatic heterocycles. The number of fused-ring (bicyclic) bond motifs is 2. The highest BCUT2D eigenvalue weighted by Crippen LogP contribution is 2.58. The van der Waals surface area contributed by atoms with Gasteiger partial charge in [0.2, 0.25) is 17.7 Å². The topological polar surface area (TPSA) is 90.4 Å². The van der Waals surface area contributed by atoms with Crippen LogP contribution in [0.1, 0.15) is 52.9 Å². The van der Waals surface area contributed by atoms with Gasteiger partial charge in [0, 0.05) is 38.0 Å². The van der Waals surface area contributed by atoms with Crippen LogP contribution in [0.5, 0.6) is 0 Å². The Labute approximate surface area is 231 Å². The van der Waals surface area contributed by atoms with E-state index in [1.807, 2.05) is 75.4 Å². The third-order valence-corrected chi connectivity index (χ3v) is 8.97. The summed E-state index contributed by atoms with van der Waals surface area (Å²) in [4.78, 5) is 48.3. The van der Waals surface area contributed by atoms with Crippen molar-refractivity contribution in [2.45, 2.75) is 76.2 Å². The molecular weight excluding hydrogens is 494 g/mol. The van der Waals surface area contributed by atoms with Crippen LogP contribution in [-0.4, -0.2) is 82.2 Å². The average Bonchev–Trinajstić information content (AvgIpc) is 3.21. The highest BCUT2D eigenvalue weighted by molar-refractivity contribution is 6.04. The van der Waals surface area contributed by atoms with Crippen molar-refractivity contribution in [1.29, 1.82) is 0 Å². The molecule has 2 fully saturated rings. The molecule has 5 atom stereocenters. The summed E-state index contributed by atoms with van der Waals surface area (Å²) in [6.45, 7) is 7.34. The zero-order valence-electron chi connectivity index (χ0n) is 23.3. The van der Waals surface area contributed by atoms with Gasteiger partial charge in [0.05, 0.1) is 17.4 Å². The number of anilines is 1. The van der Waals surface area contributed by atoms with E-state index in [-0.39, 0.29) is 30.4 Å². The molecule has 1 N–H and O–H groups in total. The summed E-state index contributed by atoms with van der Waals surface area (Å²) in [5.74, 6) is -1.99. The van der Waals surface area contributed by atoms with Crippen molar-refractivity contribution >= 4 is 23.4 Å². The van der Waals surface area contributed by atoms with Gasteiger partial charge in [0.1, 0.15) is 11.6 Å². The smallest absolute Gasteiger partial charge is 0.249 e. The lowest BCUT2D eigenvalue weighted by Crippen LogP contribution is -2.57. The third-order valence-electron chi connectivity index (χ3n) is 8.97. The largest absolute Gasteiger partial charge is 0.396 e. The van der Waals surface area contributed by atoms with E-state index in [2.05, 4.69) is 0 Å². The van der Waals surface area contributed by atoms with Gasteiger partial charge in [0.15, 0.2) is 0 Å². The van der Waals surface area contributed by atoms with Gasteiger partial charge in [0.25, 0.3) is 0 Å². The minimum Gasteiger partial charge on any atom is -0.396 e. The number of para-hydroxylation sites is 1. The van der Waals surface area contributed by atoms with Crippen molar-refractivity contribution < 1.29 is 24.2 Å². The normalized spacial score (nSPS) is 32.0. The van der Waals surface area contributed by atoms with Gasteiger partial charge in [-0.25, -0.2) is 0 Å². The zero-order chi connectivity index (χ0) is 27.8. The molecule has 8 heteroatoms. The van der Waals surface area contributed by atoms with Gasteiger partial charge in [-0.15, -0.1) is 0 Å². The molecular formula is C31H41N3O5. The summed E-state index contributed by atoms with van der Waals surface area (Å²) >= 11 is 0. The number of benzene rings is 1. The Morgan fingerprint density at radius 1 is 0.923 bits per heavy atom. The number of aliphatic hydroxyl groups is 1. The number of amides is 3. The number of unbranched alkanes of at least 4 members (excludes halogenated alkanes) is 3. The fourth-order valence-electron chi connectivity index (χ4n) is 7.07. The molecule has 0 saturated carbocycles. The van der Waals surface area contributed by atoms with E-state index in [1.54, 1.807) is 14.7 Å². The lowest BCUT2D eigenvalue weighted by atomic mass is 9.73. The van der Waals surface area contributed by atoms with E-state index in [0.29, 0.717) is 32.5 Å². The Hall–Kier alpha value is -2.97. The van der Waals surface area contributed by atoms with Crippen LogP contribution in [0.3, 0.4) is 0 Å². The summed E-state index contributed by atoms with van der Waals surface area (Å²) in [7, 11) is 0. The number of aliphatic hydroxyl groups excluding tert-OH is 1. The lowest BCUT2D eigenvalue weighted by Gasteiger charge is -2.39. The second kappa shape index (κ2) is 10.9. The fraction of sp³-hybridized carbons (Fsp3) is 0.581. The monoisotopic (exact) mass is 535 g/mol. The summed E-state index contributed by atoms with van der Waals surface area (Å²) in [6, 6.07) is 8.67. The molecule has 8 nitrogen and oxygen atoms in total. The standard InChI is InChI=1S/C31H41N3O5/c1-4-30-16-12-20-33(23-14-8-7-9-15-23)27(36)24(30)25-28(37)34(18-10-5-6-11-21-35)26-29(38)32(22(2)3)19-13-17-31(25,26)39-30/h7-9,12-17,22,24-26,35H,4-6,10-11,18-21H2,1-3H3/t24-,25-,26?,30+,31-/m0/s1. The first kappa shape index (κ1) is 27.6. The Kier molecular flexibility index (Phi) is 7.71. The van der Waals surface area contributed by atoms with E-state index in [4.69, 9.17) is 9.84 Å². The second-order valence-electron chi connectivity index (χ2n) is 11.5. The molecule has 5 rings (SSSR count). The van der Waals surface area contributed by atoms with Gasteiger partial charge in [-0.05, 0) is 45.2 Å². The van der Waals surface area contributed by atoms with E-state index >= 15 is 0 Å². The molecule has 1 unspecified atom stereocenters. The molecule has 1 aromatic carbocycles. The van der Waals surface area contributed by atoms with Crippen molar-refractivity contribution in [3.63, 3.8) is 0 Å². The van der Waals surface area contributed by atoms with Crippen LogP contribution < -0.4 is 4.90 Å². The Balaban J connectivity index is 1.59. The van der Waals surface area contributed by atoms with E-state index < -0.39 is 29.1 Å². The molecule has 2 saturated heterocycles. The molecule has 1 aromatic rings. The Bertz CT molecular complexity index is 1150. The van der Waals surface area contributed by atoms with Crippen LogP contribution in [0.15, 0.2) is 54.6 Å². The predicted molar refractivity (Wildman–Crippen MR) is 149 cm³/mol. The number of ether oxygens (including phenoxy) is 1. The summed E-state index contributed by atoms with van der Waals surface area (Å²) in [6.07, 6.45) is 11.5. The molecule has 4 aliphatic rings. The minimum absolute atomic E-state index is 0.0417. The van der Waals surface area contributed by atoms with Crippen LogP contribution in [0, 0.1) is 11.8 Å². The highest BCUT2D eigenvalue weighted by atomic mass is 16.5. The van der Waals surface area contributed by atoms with Crippen LogP contribution in [0.4, 0.5) is 5.69 Å². The first-order valence-corrected chi connectivity index (χ1v) is 14.4. The predicted octanol–water partition coefficient (Wildman–Crippen LogP) is 3.31. The van der Waals surface area contributed by atoms with Crippen LogP contribution >= 0.6 is 0 Å². The number of carbonyl (C=O) groups excluding carboxylic acids is 3. The summed E-state index contributed by atoms with van der Waals surface area (Å²) in [5.41, 5.74) is -1.42. The van der Waals surface area contributed by atoms with Gasteiger partial charge >= 0.3 is 0 Å². The van der Waals surface area contributed by atoms with E-state index in [9.17, 15) is 14.4 Å². The van der Waals surface area contributed by atoms with Gasteiger partial charge in [-0.2, -0.15) is 0 Å². The zero-order valence-corrected chi connectivity index (χ0v) is 23.3. The van der Waals surface area contributed by atoms with Gasteiger partial charge in [-0.3, -0.25) is 14.4 Å². The SMILES string of the molecule is CC[C@@]12C=CCN(c3ccccc3)C(=O)[C@@H]1[C@H]1C(=O)N(CCCCCCO)C3C(=O)N(C(C)C)CC=C[C@@]31O2. The van der Waals surface area contributed by atoms with E-state index in [0.717, 1.165) is 24.9 Å². The first-order valence-electron chi connectivity index (χ1n) is 14.4. The minimum atomic E-state index is -1.22. The number of rotatable bonds is 9. The van der Waals surface area contributed by atoms with E-state index in [1.165, 1.54) is 0 Å². The first-order chi connectivity index (χ1) is 18.8. The van der Waals surface area contributed by atoms with Crippen LogP contribution in [0.25, 0.3) is 0 Å². The molecule has 210 valence electrons. The van der Waals surface area contributed by atoms with Crippen molar-refractivity contribution in [3.05, 3.63) is 54.6 Å². The average molecular weight is 536 g/mol. The number of nitrogens with zero attached hydrogens (tertiary/aromatic N) is 3. The second-order valence-corrected chi connectivity index (χ2v) is 11.5. The Morgan fingerprint density at radius 3 is 2.33 bits per heavy atom. The fourth-order valence-corrected chi connectivity index (χ4v) is 7.07. The molecule has 0 bridgehead atoms.